The minimum atomic E-state index is -2.95. The first-order valence-corrected chi connectivity index (χ1v) is 7.47. The van der Waals surface area contributed by atoms with Gasteiger partial charge in [-0.1, -0.05) is 0 Å². The number of carbonyl (C=O) groups is 3. The number of hydrogen-bond donors (Lipinski definition) is 4. The van der Waals surface area contributed by atoms with E-state index in [1.165, 1.54) is 0 Å². The molecule has 2 heterocycles. The smallest absolute Gasteiger partial charge is 0.206 e. The van der Waals surface area contributed by atoms with Crippen molar-refractivity contribution in [2.45, 2.75) is 50.4 Å². The molecule has 5 N–H and O–H groups in total. The van der Waals surface area contributed by atoms with Gasteiger partial charge in [0.25, 0.3) is 0 Å². The number of imidazole rings is 1. The number of nitrogens with two attached hydrogens (primary N) is 1. The third-order valence-corrected chi connectivity index (χ3v) is 4.59. The monoisotopic (exact) mass is 366 g/mol. The number of aliphatic hydroxyl groups is 3. The Morgan fingerprint density at radius 2 is 1.85 bits per heavy atom. The predicted molar refractivity (Wildman–Crippen MR) is 83.2 cm³/mol. The fourth-order valence-electron chi connectivity index (χ4n) is 3.08. The van der Waals surface area contributed by atoms with Gasteiger partial charge in [0.2, 0.25) is 5.60 Å². The highest BCUT2D eigenvalue weighted by Crippen LogP contribution is 2.48. The average molecular weight is 366 g/mol. The zero-order valence-corrected chi connectivity index (χ0v) is 14.2. The van der Waals surface area contributed by atoms with Gasteiger partial charge in [-0.25, -0.2) is 4.98 Å². The number of ketones is 3. The van der Waals surface area contributed by atoms with Crippen molar-refractivity contribution in [3.05, 3.63) is 12.0 Å². The summed E-state index contributed by atoms with van der Waals surface area (Å²) in [4.78, 5) is 39.7. The van der Waals surface area contributed by atoms with Gasteiger partial charge in [0, 0.05) is 0 Å². The predicted octanol–water partition coefficient (Wildman–Crippen LogP) is -2.18. The van der Waals surface area contributed by atoms with E-state index in [0.717, 1.165) is 31.7 Å². The Morgan fingerprint density at radius 1 is 1.31 bits per heavy atom. The lowest BCUT2D eigenvalue weighted by atomic mass is 9.73. The first-order chi connectivity index (χ1) is 11.9. The third-order valence-electron chi connectivity index (χ3n) is 4.59. The number of aliphatic hydroxyl groups excluding tert-OH is 1. The normalized spacial score (nSPS) is 32.0. The van der Waals surface area contributed by atoms with E-state index in [1.807, 2.05) is 0 Å². The second kappa shape index (κ2) is 6.26. The summed E-state index contributed by atoms with van der Waals surface area (Å²) < 4.78 is 6.26. The molecule has 11 nitrogen and oxygen atoms in total. The first-order valence-electron chi connectivity index (χ1n) is 7.47. The molecular formula is C15H18N4O7. The van der Waals surface area contributed by atoms with E-state index in [0.29, 0.717) is 0 Å². The van der Waals surface area contributed by atoms with E-state index in [2.05, 4.69) is 4.98 Å². The van der Waals surface area contributed by atoms with Gasteiger partial charge in [-0.15, -0.1) is 0 Å². The zero-order chi connectivity index (χ0) is 20.0. The summed E-state index contributed by atoms with van der Waals surface area (Å²) in [5, 5.41) is 41.0. The molecule has 0 radical (unpaired) electrons. The molecule has 0 spiro atoms. The summed E-state index contributed by atoms with van der Waals surface area (Å²) in [7, 11) is 0. The standard InChI is InChI=1S/C15H18N4O7/c1-6(20)10(23)11-14(24,7(2)21)15(25,8(3)22)13(26-11)19-5-18-9(4-16)12(19)17/h5,10-11,13,23-25H,17H2,1-3H3/t10?,11-,13-,14-,15+/m1/s1. The molecule has 1 aliphatic heterocycles. The van der Waals surface area contributed by atoms with E-state index < -0.39 is 47.0 Å². The van der Waals surface area contributed by atoms with Crippen molar-refractivity contribution in [1.82, 2.24) is 9.55 Å². The summed E-state index contributed by atoms with van der Waals surface area (Å²) in [5.74, 6) is -3.36. The Bertz CT molecular complexity index is 828. The number of aromatic nitrogens is 2. The molecule has 140 valence electrons. The van der Waals surface area contributed by atoms with Crippen LogP contribution in [-0.4, -0.2) is 65.6 Å². The van der Waals surface area contributed by atoms with Crippen LogP contribution < -0.4 is 5.73 Å². The van der Waals surface area contributed by atoms with Crippen molar-refractivity contribution in [2.24, 2.45) is 0 Å². The first kappa shape index (κ1) is 19.7. The Kier molecular flexibility index (Phi) is 4.73. The highest BCUT2D eigenvalue weighted by atomic mass is 16.6. The molecule has 1 aliphatic rings. The number of anilines is 1. The van der Waals surface area contributed by atoms with Crippen molar-refractivity contribution in [1.29, 1.82) is 5.26 Å². The van der Waals surface area contributed by atoms with Crippen LogP contribution in [0.4, 0.5) is 5.82 Å². The highest BCUT2D eigenvalue weighted by molar-refractivity contribution is 5.99. The summed E-state index contributed by atoms with van der Waals surface area (Å²) in [6, 6.07) is 1.68. The maximum Gasteiger partial charge on any atom is 0.206 e. The third kappa shape index (κ3) is 2.35. The lowest BCUT2D eigenvalue weighted by Crippen LogP contribution is -2.67. The molecule has 1 saturated heterocycles. The second-order valence-electron chi connectivity index (χ2n) is 6.11. The molecule has 1 aromatic rings. The topological polar surface area (TPSA) is 189 Å². The average Bonchev–Trinajstić information content (AvgIpc) is 3.04. The lowest BCUT2D eigenvalue weighted by Gasteiger charge is -2.37. The van der Waals surface area contributed by atoms with Crippen molar-refractivity contribution in [2.75, 3.05) is 5.73 Å². The second-order valence-corrected chi connectivity index (χ2v) is 6.11. The summed E-state index contributed by atoms with van der Waals surface area (Å²) >= 11 is 0. The molecule has 1 unspecified atom stereocenters. The molecule has 2 rings (SSSR count). The van der Waals surface area contributed by atoms with Crippen molar-refractivity contribution in [3.8, 4) is 6.07 Å². The van der Waals surface area contributed by atoms with E-state index in [9.17, 15) is 29.7 Å². The minimum Gasteiger partial charge on any atom is -0.383 e. The number of rotatable bonds is 5. The molecule has 0 amide bonds. The number of ether oxygens (including phenoxy) is 1. The largest absolute Gasteiger partial charge is 0.383 e. The van der Waals surface area contributed by atoms with Gasteiger partial charge in [0.05, 0.1) is 0 Å². The van der Waals surface area contributed by atoms with Gasteiger partial charge in [-0.2, -0.15) is 5.26 Å². The molecule has 5 atom stereocenters. The van der Waals surface area contributed by atoms with Crippen molar-refractivity contribution >= 4 is 23.2 Å². The van der Waals surface area contributed by atoms with Gasteiger partial charge in [-0.3, -0.25) is 19.0 Å². The van der Waals surface area contributed by atoms with Crippen LogP contribution in [0.2, 0.25) is 0 Å². The molecular weight excluding hydrogens is 348 g/mol. The number of nitrogen functional groups attached to an aromatic ring is 1. The van der Waals surface area contributed by atoms with E-state index in [4.69, 9.17) is 15.7 Å². The Balaban J connectivity index is 2.75. The van der Waals surface area contributed by atoms with Crippen LogP contribution in [0.5, 0.6) is 0 Å². The quantitative estimate of drug-likeness (QED) is 0.446. The van der Waals surface area contributed by atoms with Crippen LogP contribution in [0, 0.1) is 11.3 Å². The molecule has 11 heteroatoms. The summed E-state index contributed by atoms with van der Waals surface area (Å²) in [5.41, 5.74) is -0.356. The van der Waals surface area contributed by atoms with E-state index in [-0.39, 0.29) is 11.5 Å². The number of carbonyl (C=O) groups excluding carboxylic acids is 3. The maximum atomic E-state index is 12.2. The number of hydrogen-bond acceptors (Lipinski definition) is 10. The van der Waals surface area contributed by atoms with Crippen LogP contribution in [0.3, 0.4) is 0 Å². The number of Topliss-reactive ketones (excluding diaryl/α,β-unsaturated/α-hetero) is 3. The fraction of sp³-hybridized carbons (Fsp3) is 0.533. The maximum absolute atomic E-state index is 12.2. The molecule has 0 aromatic carbocycles. The van der Waals surface area contributed by atoms with E-state index in [1.54, 1.807) is 6.07 Å². The van der Waals surface area contributed by atoms with Gasteiger partial charge < -0.3 is 25.8 Å². The minimum absolute atomic E-state index is 0.249. The van der Waals surface area contributed by atoms with Crippen molar-refractivity contribution in [3.63, 3.8) is 0 Å². The Labute approximate surface area is 147 Å². The van der Waals surface area contributed by atoms with Crippen LogP contribution in [0.1, 0.15) is 32.7 Å². The van der Waals surface area contributed by atoms with E-state index >= 15 is 0 Å². The molecule has 1 aromatic heterocycles. The Morgan fingerprint density at radius 3 is 2.23 bits per heavy atom. The highest BCUT2D eigenvalue weighted by Gasteiger charge is 2.73. The van der Waals surface area contributed by atoms with Crippen LogP contribution in [0.25, 0.3) is 0 Å². The van der Waals surface area contributed by atoms with Crippen LogP contribution in [0.15, 0.2) is 6.33 Å². The number of nitrogens with zero attached hydrogens (tertiary/aromatic N) is 3. The molecule has 0 bridgehead atoms. The van der Waals surface area contributed by atoms with Crippen molar-refractivity contribution < 1.29 is 34.4 Å². The summed E-state index contributed by atoms with van der Waals surface area (Å²) in [6.07, 6.45) is -4.82. The van der Waals surface area contributed by atoms with Gasteiger partial charge >= 0.3 is 0 Å². The number of nitriles is 1. The van der Waals surface area contributed by atoms with Gasteiger partial charge in [0.15, 0.2) is 34.9 Å². The zero-order valence-electron chi connectivity index (χ0n) is 14.2. The van der Waals surface area contributed by atoms with Crippen LogP contribution >= 0.6 is 0 Å². The molecule has 1 fully saturated rings. The Hall–Kier alpha value is -2.65. The molecule has 0 saturated carbocycles. The fourth-order valence-corrected chi connectivity index (χ4v) is 3.08. The SMILES string of the molecule is CC(=O)C(O)[C@H]1O[C@@H](n2cnc(C#N)c2N)[C@@](O)(C(C)=O)[C@@]1(O)C(C)=O. The summed E-state index contributed by atoms with van der Waals surface area (Å²) in [6.45, 7) is 2.75. The lowest BCUT2D eigenvalue weighted by molar-refractivity contribution is -0.184. The van der Waals surface area contributed by atoms with Gasteiger partial charge in [-0.05, 0) is 20.8 Å². The van der Waals surface area contributed by atoms with Crippen LogP contribution in [-0.2, 0) is 19.1 Å². The van der Waals surface area contributed by atoms with Gasteiger partial charge in [0.1, 0.15) is 30.4 Å². The molecule has 0 aliphatic carbocycles. The molecule has 26 heavy (non-hydrogen) atoms.